The van der Waals surface area contributed by atoms with Crippen LogP contribution in [-0.2, 0) is 7.05 Å². The number of hydrogen-bond acceptors (Lipinski definition) is 4. The smallest absolute Gasteiger partial charge is 0.275 e. The number of rotatable bonds is 1. The maximum Gasteiger partial charge on any atom is 0.275 e. The molecule has 0 aliphatic heterocycles. The van der Waals surface area contributed by atoms with E-state index in [-0.39, 0.29) is 5.56 Å². The number of hydrogen-bond donors (Lipinski definition) is 2. The molecule has 0 fully saturated rings. The fraction of sp³-hybridized carbons (Fsp3) is 0.0625. The van der Waals surface area contributed by atoms with Gasteiger partial charge in [0.25, 0.3) is 5.56 Å². The number of aryl methyl sites for hydroxylation is 1. The van der Waals surface area contributed by atoms with E-state index in [0.717, 1.165) is 16.6 Å². The number of nitrogens with zero attached hydrogens (tertiary/aromatic N) is 3. The first-order chi connectivity index (χ1) is 10.6. The van der Waals surface area contributed by atoms with Crippen molar-refractivity contribution >= 4 is 27.8 Å². The second kappa shape index (κ2) is 4.42. The molecule has 6 heteroatoms. The monoisotopic (exact) mass is 291 g/mol. The van der Waals surface area contributed by atoms with Crippen molar-refractivity contribution in [2.24, 2.45) is 7.05 Å². The molecule has 0 bridgehead atoms. The minimum Gasteiger partial charge on any atom is -0.399 e. The Morgan fingerprint density at radius 3 is 3.00 bits per heavy atom. The van der Waals surface area contributed by atoms with Gasteiger partial charge in [0.1, 0.15) is 11.3 Å². The van der Waals surface area contributed by atoms with Gasteiger partial charge in [-0.05, 0) is 30.3 Å². The summed E-state index contributed by atoms with van der Waals surface area (Å²) < 4.78 is 1.89. The Kier molecular flexibility index (Phi) is 2.53. The van der Waals surface area contributed by atoms with Gasteiger partial charge in [0, 0.05) is 36.1 Å². The van der Waals surface area contributed by atoms with Crippen molar-refractivity contribution in [3.8, 4) is 11.3 Å². The first kappa shape index (κ1) is 12.6. The summed E-state index contributed by atoms with van der Waals surface area (Å²) in [6.07, 6.45) is 3.60. The zero-order chi connectivity index (χ0) is 15.3. The van der Waals surface area contributed by atoms with Gasteiger partial charge in [-0.2, -0.15) is 0 Å². The lowest BCUT2D eigenvalue weighted by Crippen LogP contribution is -2.11. The van der Waals surface area contributed by atoms with Crippen LogP contribution in [0.1, 0.15) is 0 Å². The Hall–Kier alpha value is -3.15. The molecular weight excluding hydrogens is 278 g/mol. The summed E-state index contributed by atoms with van der Waals surface area (Å²) in [6.45, 7) is 0. The summed E-state index contributed by atoms with van der Waals surface area (Å²) in [7, 11) is 1.90. The Bertz CT molecular complexity index is 1080. The van der Waals surface area contributed by atoms with E-state index in [4.69, 9.17) is 5.73 Å². The van der Waals surface area contributed by atoms with E-state index in [0.29, 0.717) is 22.4 Å². The number of aromatic nitrogens is 4. The molecule has 108 valence electrons. The first-order valence-corrected chi connectivity index (χ1v) is 6.83. The molecule has 0 saturated carbocycles. The molecule has 0 atom stereocenters. The third kappa shape index (κ3) is 1.77. The van der Waals surface area contributed by atoms with Crippen LogP contribution in [0.3, 0.4) is 0 Å². The molecule has 0 aliphatic rings. The van der Waals surface area contributed by atoms with Crippen LogP contribution in [0.25, 0.3) is 33.3 Å². The number of H-pyrrole nitrogens is 1. The molecule has 3 heterocycles. The van der Waals surface area contributed by atoms with Gasteiger partial charge in [-0.25, -0.2) is 9.97 Å². The molecule has 0 aliphatic carbocycles. The van der Waals surface area contributed by atoms with Gasteiger partial charge in [-0.3, -0.25) is 4.79 Å². The molecule has 4 aromatic rings. The molecule has 22 heavy (non-hydrogen) atoms. The van der Waals surface area contributed by atoms with Crippen molar-refractivity contribution in [2.45, 2.75) is 0 Å². The van der Waals surface area contributed by atoms with Crippen LogP contribution in [0.2, 0.25) is 0 Å². The molecule has 1 aromatic carbocycles. The van der Waals surface area contributed by atoms with Crippen molar-refractivity contribution in [3.05, 3.63) is 53.1 Å². The lowest BCUT2D eigenvalue weighted by molar-refractivity contribution is 0.948. The Morgan fingerprint density at radius 1 is 1.27 bits per heavy atom. The van der Waals surface area contributed by atoms with Crippen LogP contribution in [0.4, 0.5) is 5.69 Å². The van der Waals surface area contributed by atoms with Crippen LogP contribution in [0.5, 0.6) is 0 Å². The third-order valence-electron chi connectivity index (χ3n) is 3.70. The number of nitrogens with one attached hydrogen (secondary N) is 1. The number of nitrogen functional groups attached to an aromatic ring is 1. The Morgan fingerprint density at radius 2 is 2.14 bits per heavy atom. The summed E-state index contributed by atoms with van der Waals surface area (Å²) in [4.78, 5) is 24.1. The van der Waals surface area contributed by atoms with E-state index in [9.17, 15) is 4.79 Å². The summed E-state index contributed by atoms with van der Waals surface area (Å²) in [5.41, 5.74) is 9.39. The van der Waals surface area contributed by atoms with E-state index < -0.39 is 0 Å². The molecule has 4 rings (SSSR count). The molecule has 0 saturated heterocycles. The lowest BCUT2D eigenvalue weighted by Gasteiger charge is -2.02. The van der Waals surface area contributed by atoms with Gasteiger partial charge < -0.3 is 15.3 Å². The van der Waals surface area contributed by atoms with Gasteiger partial charge in [-0.1, -0.05) is 0 Å². The maximum absolute atomic E-state index is 12.4. The van der Waals surface area contributed by atoms with Crippen molar-refractivity contribution in [1.29, 1.82) is 0 Å². The number of nitrogens with two attached hydrogens (primary N) is 1. The van der Waals surface area contributed by atoms with Crippen LogP contribution in [0.15, 0.2) is 47.5 Å². The van der Waals surface area contributed by atoms with Crippen molar-refractivity contribution < 1.29 is 0 Å². The highest BCUT2D eigenvalue weighted by Gasteiger charge is 2.14. The van der Waals surface area contributed by atoms with E-state index in [1.54, 1.807) is 24.4 Å². The standard InChI is InChI=1S/C16H13N5O/c1-21-8-11(10-3-2-6-18-15(10)21)14-16(22)20-13-7-9(17)4-5-12(13)19-14/h2-8H,17H2,1H3,(H,20,22). The molecular formula is C16H13N5O. The average molecular weight is 291 g/mol. The number of benzene rings is 1. The summed E-state index contributed by atoms with van der Waals surface area (Å²) in [5, 5.41) is 0.901. The molecule has 3 aromatic heterocycles. The average Bonchev–Trinajstić information content (AvgIpc) is 2.84. The summed E-state index contributed by atoms with van der Waals surface area (Å²) >= 11 is 0. The Labute approximate surface area is 125 Å². The third-order valence-corrected chi connectivity index (χ3v) is 3.70. The maximum atomic E-state index is 12.4. The van der Waals surface area contributed by atoms with E-state index >= 15 is 0 Å². The minimum absolute atomic E-state index is 0.241. The highest BCUT2D eigenvalue weighted by atomic mass is 16.1. The largest absolute Gasteiger partial charge is 0.399 e. The van der Waals surface area contributed by atoms with Crippen molar-refractivity contribution in [1.82, 2.24) is 19.5 Å². The predicted octanol–water partition coefficient (Wildman–Crippen LogP) is 2.06. The summed E-state index contributed by atoms with van der Waals surface area (Å²) in [5.74, 6) is 0. The topological polar surface area (TPSA) is 89.6 Å². The number of aromatic amines is 1. The van der Waals surface area contributed by atoms with Crippen LogP contribution in [-0.4, -0.2) is 19.5 Å². The lowest BCUT2D eigenvalue weighted by atomic mass is 10.1. The van der Waals surface area contributed by atoms with E-state index in [2.05, 4.69) is 15.0 Å². The number of fused-ring (bicyclic) bond motifs is 2. The van der Waals surface area contributed by atoms with Crippen LogP contribution < -0.4 is 11.3 Å². The van der Waals surface area contributed by atoms with E-state index in [1.165, 1.54) is 0 Å². The fourth-order valence-corrected chi connectivity index (χ4v) is 2.69. The van der Waals surface area contributed by atoms with Crippen molar-refractivity contribution in [2.75, 3.05) is 5.73 Å². The molecule has 3 N–H and O–H groups in total. The quantitative estimate of drug-likeness (QED) is 0.525. The highest BCUT2D eigenvalue weighted by molar-refractivity contribution is 5.93. The minimum atomic E-state index is -0.241. The van der Waals surface area contributed by atoms with Gasteiger partial charge in [0.05, 0.1) is 11.0 Å². The zero-order valence-corrected chi connectivity index (χ0v) is 11.9. The molecule has 0 spiro atoms. The first-order valence-electron chi connectivity index (χ1n) is 6.83. The zero-order valence-electron chi connectivity index (χ0n) is 11.9. The SMILES string of the molecule is Cn1cc(-c2nc3ccc(N)cc3[nH]c2=O)c2cccnc21. The fourth-order valence-electron chi connectivity index (χ4n) is 2.69. The van der Waals surface area contributed by atoms with Gasteiger partial charge in [0.15, 0.2) is 0 Å². The van der Waals surface area contributed by atoms with Crippen LogP contribution >= 0.6 is 0 Å². The molecule has 0 amide bonds. The molecule has 6 nitrogen and oxygen atoms in total. The molecule has 0 unspecified atom stereocenters. The van der Waals surface area contributed by atoms with E-state index in [1.807, 2.05) is 29.9 Å². The van der Waals surface area contributed by atoms with Crippen molar-refractivity contribution in [3.63, 3.8) is 0 Å². The number of anilines is 1. The Balaban J connectivity index is 2.06. The normalized spacial score (nSPS) is 11.3. The van der Waals surface area contributed by atoms with Gasteiger partial charge in [0.2, 0.25) is 0 Å². The number of pyridine rings is 1. The van der Waals surface area contributed by atoms with Crippen LogP contribution in [0, 0.1) is 0 Å². The molecule has 0 radical (unpaired) electrons. The van der Waals surface area contributed by atoms with Gasteiger partial charge >= 0.3 is 0 Å². The predicted molar refractivity (Wildman–Crippen MR) is 86.5 cm³/mol. The van der Waals surface area contributed by atoms with Gasteiger partial charge in [-0.15, -0.1) is 0 Å². The highest BCUT2D eigenvalue weighted by Crippen LogP contribution is 2.26. The second-order valence-corrected chi connectivity index (χ2v) is 5.22. The summed E-state index contributed by atoms with van der Waals surface area (Å²) in [6, 6.07) is 9.06. The second-order valence-electron chi connectivity index (χ2n) is 5.22.